The fraction of sp³-hybridized carbons (Fsp3) is 0.500. The quantitative estimate of drug-likeness (QED) is 0.778. The van der Waals surface area contributed by atoms with Gasteiger partial charge in [0.25, 0.3) is 0 Å². The van der Waals surface area contributed by atoms with E-state index >= 15 is 0 Å². The summed E-state index contributed by atoms with van der Waals surface area (Å²) in [5, 5.41) is 7.29. The Balaban J connectivity index is 1.96. The fourth-order valence-electron chi connectivity index (χ4n) is 1.93. The Morgan fingerprint density at radius 2 is 2.19 bits per heavy atom. The molecule has 2 rings (SSSR count). The lowest BCUT2D eigenvalue weighted by Crippen LogP contribution is -2.18. The van der Waals surface area contributed by atoms with Gasteiger partial charge in [0, 0.05) is 20.0 Å². The van der Waals surface area contributed by atoms with Crippen LogP contribution in [0.2, 0.25) is 0 Å². The van der Waals surface area contributed by atoms with Gasteiger partial charge in [-0.15, -0.1) is 0 Å². The van der Waals surface area contributed by atoms with Crippen LogP contribution in [0.15, 0.2) is 16.8 Å². The number of hydrogen-bond acceptors (Lipinski definition) is 6. The summed E-state index contributed by atoms with van der Waals surface area (Å²) in [6, 6.07) is 0. The molecule has 0 atom stereocenters. The first kappa shape index (κ1) is 15.2. The molecule has 2 aromatic rings. The van der Waals surface area contributed by atoms with Gasteiger partial charge < -0.3 is 14.5 Å². The lowest BCUT2D eigenvalue weighted by Gasteiger charge is -2.06. The molecular formula is C14H20N4O3. The van der Waals surface area contributed by atoms with Gasteiger partial charge in [0.1, 0.15) is 11.3 Å². The summed E-state index contributed by atoms with van der Waals surface area (Å²) < 4.78 is 12.2. The van der Waals surface area contributed by atoms with Crippen molar-refractivity contribution in [2.75, 3.05) is 6.61 Å². The van der Waals surface area contributed by atoms with Gasteiger partial charge in [-0.25, -0.2) is 9.78 Å². The molecule has 0 aliphatic carbocycles. The molecule has 0 bridgehead atoms. The van der Waals surface area contributed by atoms with E-state index < -0.39 is 0 Å². The Morgan fingerprint density at radius 1 is 1.38 bits per heavy atom. The third-order valence-electron chi connectivity index (χ3n) is 3.08. The number of rotatable bonds is 7. The second-order valence-corrected chi connectivity index (χ2v) is 4.53. The van der Waals surface area contributed by atoms with Crippen molar-refractivity contribution < 1.29 is 13.9 Å². The zero-order valence-electron chi connectivity index (χ0n) is 12.5. The van der Waals surface area contributed by atoms with Gasteiger partial charge in [0.15, 0.2) is 0 Å². The van der Waals surface area contributed by atoms with Crippen LogP contribution in [-0.2, 0) is 31.3 Å². The summed E-state index contributed by atoms with van der Waals surface area (Å²) in [7, 11) is 1.79. The predicted octanol–water partition coefficient (Wildman–Crippen LogP) is 1.44. The average molecular weight is 292 g/mol. The lowest BCUT2D eigenvalue weighted by molar-refractivity contribution is 0.0524. The van der Waals surface area contributed by atoms with Crippen LogP contribution >= 0.6 is 0 Å². The monoisotopic (exact) mass is 292 g/mol. The van der Waals surface area contributed by atoms with E-state index in [2.05, 4.69) is 15.4 Å². The minimum Gasteiger partial charge on any atom is -0.462 e. The summed E-state index contributed by atoms with van der Waals surface area (Å²) in [4.78, 5) is 16.0. The highest BCUT2D eigenvalue weighted by Crippen LogP contribution is 2.10. The summed E-state index contributed by atoms with van der Waals surface area (Å²) in [6.45, 7) is 5.11. The summed E-state index contributed by atoms with van der Waals surface area (Å²) in [5.41, 5.74) is 1.25. The second-order valence-electron chi connectivity index (χ2n) is 4.53. The van der Waals surface area contributed by atoms with Crippen LogP contribution < -0.4 is 5.32 Å². The number of nitrogens with zero attached hydrogens (tertiary/aromatic N) is 3. The van der Waals surface area contributed by atoms with E-state index in [9.17, 15) is 4.79 Å². The van der Waals surface area contributed by atoms with Crippen LogP contribution in [0, 0.1) is 0 Å². The first-order valence-electron chi connectivity index (χ1n) is 6.98. The molecule has 2 heterocycles. The molecule has 0 unspecified atom stereocenters. The Bertz CT molecular complexity index is 603. The topological polar surface area (TPSA) is 82.2 Å². The number of ether oxygens (including phenoxy) is 1. The van der Waals surface area contributed by atoms with Crippen molar-refractivity contribution >= 4 is 5.97 Å². The van der Waals surface area contributed by atoms with Crippen molar-refractivity contribution in [2.45, 2.75) is 33.4 Å². The van der Waals surface area contributed by atoms with E-state index in [1.165, 1.54) is 6.20 Å². The maximum Gasteiger partial charge on any atom is 0.341 e. The highest BCUT2D eigenvalue weighted by Gasteiger charge is 2.16. The number of hydrogen-bond donors (Lipinski definition) is 1. The third kappa shape index (κ3) is 3.69. The average Bonchev–Trinajstić information content (AvgIpc) is 3.07. The molecule has 7 heteroatoms. The first-order chi connectivity index (χ1) is 10.2. The molecule has 0 saturated carbocycles. The number of aryl methyl sites for hydroxylation is 2. The molecule has 0 spiro atoms. The standard InChI is InChI=1S/C14H20N4O3/c1-4-10-6-16-13(21-10)9-15-8-12-11(7-17-18(12)3)14(19)20-5-2/h6-7,15H,4-5,8-9H2,1-3H3. The van der Waals surface area contributed by atoms with Gasteiger partial charge in [-0.2, -0.15) is 5.10 Å². The molecule has 1 N–H and O–H groups in total. The molecule has 0 radical (unpaired) electrons. The molecule has 0 fully saturated rings. The van der Waals surface area contributed by atoms with Crippen LogP contribution in [0.5, 0.6) is 0 Å². The molecule has 0 aromatic carbocycles. The number of oxazole rings is 1. The van der Waals surface area contributed by atoms with Crippen LogP contribution in [0.4, 0.5) is 0 Å². The van der Waals surface area contributed by atoms with Crippen molar-refractivity contribution in [1.82, 2.24) is 20.1 Å². The predicted molar refractivity (Wildman–Crippen MR) is 75.6 cm³/mol. The zero-order chi connectivity index (χ0) is 15.2. The third-order valence-corrected chi connectivity index (χ3v) is 3.08. The van der Waals surface area contributed by atoms with Crippen molar-refractivity contribution in [3.05, 3.63) is 35.3 Å². The van der Waals surface area contributed by atoms with Crippen molar-refractivity contribution in [3.8, 4) is 0 Å². The van der Waals surface area contributed by atoms with E-state index in [4.69, 9.17) is 9.15 Å². The summed E-state index contributed by atoms with van der Waals surface area (Å²) in [6.07, 6.45) is 4.07. The molecule has 7 nitrogen and oxygen atoms in total. The van der Waals surface area contributed by atoms with Crippen LogP contribution in [0.3, 0.4) is 0 Å². The van der Waals surface area contributed by atoms with Gasteiger partial charge in [0.05, 0.1) is 31.2 Å². The smallest absolute Gasteiger partial charge is 0.341 e. The maximum atomic E-state index is 11.8. The first-order valence-corrected chi connectivity index (χ1v) is 6.98. The molecule has 0 aliphatic heterocycles. The summed E-state index contributed by atoms with van der Waals surface area (Å²) >= 11 is 0. The number of nitrogens with one attached hydrogen (secondary N) is 1. The molecule has 0 aliphatic rings. The maximum absolute atomic E-state index is 11.8. The fourth-order valence-corrected chi connectivity index (χ4v) is 1.93. The van der Waals surface area contributed by atoms with Gasteiger partial charge in [0.2, 0.25) is 5.89 Å². The highest BCUT2D eigenvalue weighted by molar-refractivity contribution is 5.90. The van der Waals surface area contributed by atoms with E-state index in [0.717, 1.165) is 17.9 Å². The Morgan fingerprint density at radius 3 is 2.86 bits per heavy atom. The minimum atomic E-state index is -0.355. The van der Waals surface area contributed by atoms with Crippen molar-refractivity contribution in [1.29, 1.82) is 0 Å². The van der Waals surface area contributed by atoms with Gasteiger partial charge >= 0.3 is 5.97 Å². The van der Waals surface area contributed by atoms with Gasteiger partial charge in [-0.05, 0) is 6.92 Å². The lowest BCUT2D eigenvalue weighted by atomic mass is 10.2. The molecule has 114 valence electrons. The molecule has 0 amide bonds. The normalized spacial score (nSPS) is 10.8. The molecule has 0 saturated heterocycles. The number of esters is 1. The largest absolute Gasteiger partial charge is 0.462 e. The van der Waals surface area contributed by atoms with E-state index in [1.54, 1.807) is 24.9 Å². The molecule has 21 heavy (non-hydrogen) atoms. The number of aromatic nitrogens is 3. The van der Waals surface area contributed by atoms with E-state index in [1.807, 2.05) is 6.92 Å². The minimum absolute atomic E-state index is 0.344. The van der Waals surface area contributed by atoms with Crippen molar-refractivity contribution in [2.24, 2.45) is 7.05 Å². The van der Waals surface area contributed by atoms with Crippen LogP contribution in [0.25, 0.3) is 0 Å². The summed E-state index contributed by atoms with van der Waals surface area (Å²) in [5.74, 6) is 1.14. The highest BCUT2D eigenvalue weighted by atomic mass is 16.5. The molecular weight excluding hydrogens is 272 g/mol. The Hall–Kier alpha value is -2.15. The SMILES string of the molecule is CCOC(=O)c1cnn(C)c1CNCc1ncc(CC)o1. The Labute approximate surface area is 123 Å². The van der Waals surface area contributed by atoms with E-state index in [0.29, 0.717) is 31.2 Å². The Kier molecular flexibility index (Phi) is 5.10. The van der Waals surface area contributed by atoms with Crippen LogP contribution in [0.1, 0.15) is 41.6 Å². The number of carbonyl (C=O) groups is 1. The molecule has 2 aromatic heterocycles. The zero-order valence-corrected chi connectivity index (χ0v) is 12.5. The van der Waals surface area contributed by atoms with Crippen LogP contribution in [-0.4, -0.2) is 27.3 Å². The second kappa shape index (κ2) is 7.03. The van der Waals surface area contributed by atoms with Gasteiger partial charge in [-0.1, -0.05) is 6.92 Å². The number of carbonyl (C=O) groups excluding carboxylic acids is 1. The van der Waals surface area contributed by atoms with Crippen molar-refractivity contribution in [3.63, 3.8) is 0 Å². The van der Waals surface area contributed by atoms with E-state index in [-0.39, 0.29) is 5.97 Å². The van der Waals surface area contributed by atoms with Gasteiger partial charge in [-0.3, -0.25) is 4.68 Å².